The summed E-state index contributed by atoms with van der Waals surface area (Å²) >= 11 is 0.213. The number of hydrogen-bond acceptors (Lipinski definition) is 3. The van der Waals surface area contributed by atoms with Crippen LogP contribution < -0.4 is 0 Å². The van der Waals surface area contributed by atoms with Gasteiger partial charge in [-0.05, 0) is 26.2 Å². The molecule has 1 fully saturated rings. The lowest BCUT2D eigenvalue weighted by Crippen LogP contribution is -2.03. The largest absolute Gasteiger partial charge is 0.381 e. The maximum absolute atomic E-state index is 11.1. The van der Waals surface area contributed by atoms with Crippen LogP contribution in [0, 0.1) is 0 Å². The Kier molecular flexibility index (Phi) is 8.45. The van der Waals surface area contributed by atoms with Crippen LogP contribution >= 0.6 is 12.0 Å². The highest BCUT2D eigenvalue weighted by atomic mass is 32.2. The molecule has 11 heavy (non-hydrogen) atoms. The van der Waals surface area contributed by atoms with Gasteiger partial charge in [-0.15, -0.1) is 0 Å². The average molecular weight is 182 g/mol. The van der Waals surface area contributed by atoms with Crippen LogP contribution in [0.15, 0.2) is 0 Å². The molecule has 0 aromatic carbocycles. The fraction of sp³-hybridized carbons (Fsp3) is 1.00. The lowest BCUT2D eigenvalue weighted by molar-refractivity contribution is 0.0968. The first-order valence-electron chi connectivity index (χ1n) is 3.79. The van der Waals surface area contributed by atoms with Gasteiger partial charge in [0.05, 0.1) is 0 Å². The summed E-state index contributed by atoms with van der Waals surface area (Å²) in [5.41, 5.74) is -1.14. The lowest BCUT2D eigenvalue weighted by Gasteiger charge is -2.08. The van der Waals surface area contributed by atoms with Gasteiger partial charge in [0, 0.05) is 25.3 Å². The Hall–Kier alpha value is 0.200. The predicted molar refractivity (Wildman–Crippen MR) is 45.5 cm³/mol. The van der Waals surface area contributed by atoms with Gasteiger partial charge in [0.25, 0.3) is 0 Å². The Morgan fingerprint density at radius 2 is 1.82 bits per heavy atom. The van der Waals surface area contributed by atoms with Crippen molar-refractivity contribution < 1.29 is 13.7 Å². The zero-order valence-corrected chi connectivity index (χ0v) is 7.57. The molecule has 1 heterocycles. The Morgan fingerprint density at radius 3 is 1.91 bits per heavy atom. The molecule has 2 nitrogen and oxygen atoms in total. The third kappa shape index (κ3) is 10.2. The summed E-state index contributed by atoms with van der Waals surface area (Å²) in [7, 11) is 0. The summed E-state index contributed by atoms with van der Waals surface area (Å²) in [6.07, 6.45) is 3.93. The van der Waals surface area contributed by atoms with Crippen LogP contribution in [0.4, 0.5) is 4.39 Å². The summed E-state index contributed by atoms with van der Waals surface area (Å²) in [5.74, 6) is 0. The van der Waals surface area contributed by atoms with E-state index in [0.717, 1.165) is 13.2 Å². The van der Waals surface area contributed by atoms with Crippen molar-refractivity contribution in [3.8, 4) is 0 Å². The summed E-state index contributed by atoms with van der Waals surface area (Å²) in [4.78, 5) is 0. The molecule has 68 valence electrons. The standard InChI is InChI=1S/C5H10O.C2H5FOS/c1-2-4-6-5-3-1;1-2(3)5-4/h1-5H2;2,4H,1H3. The number of rotatable bonds is 1. The van der Waals surface area contributed by atoms with Crippen LogP contribution in [0.25, 0.3) is 0 Å². The Balaban J connectivity index is 0.000000187. The van der Waals surface area contributed by atoms with Crippen molar-refractivity contribution in [2.75, 3.05) is 13.2 Å². The van der Waals surface area contributed by atoms with Gasteiger partial charge in [0.2, 0.25) is 0 Å². The predicted octanol–water partition coefficient (Wildman–Crippen LogP) is 2.70. The van der Waals surface area contributed by atoms with Crippen LogP contribution in [0.2, 0.25) is 0 Å². The van der Waals surface area contributed by atoms with Gasteiger partial charge in [0.15, 0.2) is 5.50 Å². The molecule has 1 unspecified atom stereocenters. The summed E-state index contributed by atoms with van der Waals surface area (Å²) in [5, 5.41) is 0. The lowest BCUT2D eigenvalue weighted by atomic mass is 10.2. The van der Waals surface area contributed by atoms with Gasteiger partial charge in [-0.2, -0.15) is 0 Å². The molecule has 4 heteroatoms. The quantitative estimate of drug-likeness (QED) is 0.632. The maximum Gasteiger partial charge on any atom is 0.168 e. The van der Waals surface area contributed by atoms with Crippen LogP contribution in [-0.2, 0) is 4.74 Å². The minimum absolute atomic E-state index is 0.213. The third-order valence-corrected chi connectivity index (χ3v) is 1.51. The molecule has 0 bridgehead atoms. The fourth-order valence-electron chi connectivity index (χ4n) is 0.687. The van der Waals surface area contributed by atoms with Crippen molar-refractivity contribution in [2.24, 2.45) is 0 Å². The average Bonchev–Trinajstić information content (AvgIpc) is 2.09. The molecule has 1 aliphatic heterocycles. The molecular formula is C7H15FO2S. The van der Waals surface area contributed by atoms with E-state index in [4.69, 9.17) is 9.29 Å². The zero-order valence-electron chi connectivity index (χ0n) is 6.75. The number of halogens is 1. The highest BCUT2D eigenvalue weighted by molar-refractivity contribution is 7.94. The number of hydrogen-bond donors (Lipinski definition) is 1. The van der Waals surface area contributed by atoms with Gasteiger partial charge in [-0.1, -0.05) is 0 Å². The van der Waals surface area contributed by atoms with Crippen molar-refractivity contribution in [2.45, 2.75) is 31.7 Å². The van der Waals surface area contributed by atoms with E-state index in [9.17, 15) is 4.39 Å². The summed E-state index contributed by atoms with van der Waals surface area (Å²) in [6.45, 7) is 3.27. The van der Waals surface area contributed by atoms with E-state index < -0.39 is 5.50 Å². The van der Waals surface area contributed by atoms with E-state index in [-0.39, 0.29) is 12.0 Å². The first-order valence-corrected chi connectivity index (χ1v) is 4.63. The van der Waals surface area contributed by atoms with Crippen molar-refractivity contribution in [3.05, 3.63) is 0 Å². The molecule has 0 radical (unpaired) electrons. The maximum atomic E-state index is 11.1. The Bertz CT molecular complexity index is 65.3. The molecule has 1 atom stereocenters. The van der Waals surface area contributed by atoms with Crippen LogP contribution in [0.1, 0.15) is 26.2 Å². The molecule has 0 aromatic rings. The first kappa shape index (κ1) is 11.2. The summed E-state index contributed by atoms with van der Waals surface area (Å²) in [6, 6.07) is 0. The topological polar surface area (TPSA) is 29.5 Å². The van der Waals surface area contributed by atoms with E-state index >= 15 is 0 Å². The normalized spacial score (nSPS) is 19.9. The van der Waals surface area contributed by atoms with E-state index in [0.29, 0.717) is 0 Å². The molecule has 1 aliphatic rings. The second kappa shape index (κ2) is 8.30. The van der Waals surface area contributed by atoms with Crippen molar-refractivity contribution >= 4 is 12.0 Å². The molecular weight excluding hydrogens is 167 g/mol. The molecule has 1 N–H and O–H groups in total. The van der Waals surface area contributed by atoms with Crippen LogP contribution in [0.5, 0.6) is 0 Å². The van der Waals surface area contributed by atoms with Gasteiger partial charge in [0.1, 0.15) is 0 Å². The molecule has 0 spiro atoms. The second-order valence-electron chi connectivity index (χ2n) is 2.32. The Morgan fingerprint density at radius 1 is 1.36 bits per heavy atom. The highest BCUT2D eigenvalue weighted by Crippen LogP contribution is 2.02. The van der Waals surface area contributed by atoms with Crippen molar-refractivity contribution in [1.29, 1.82) is 0 Å². The van der Waals surface area contributed by atoms with E-state index in [1.165, 1.54) is 26.2 Å². The molecule has 0 saturated carbocycles. The minimum Gasteiger partial charge on any atom is -0.381 e. The first-order chi connectivity index (χ1) is 5.27. The molecule has 1 saturated heterocycles. The monoisotopic (exact) mass is 182 g/mol. The number of ether oxygens (including phenoxy) is 1. The fourth-order valence-corrected chi connectivity index (χ4v) is 0.687. The smallest absolute Gasteiger partial charge is 0.168 e. The molecule has 0 aliphatic carbocycles. The molecule has 0 aromatic heterocycles. The van der Waals surface area contributed by atoms with E-state index in [1.807, 2.05) is 0 Å². The van der Waals surface area contributed by atoms with Gasteiger partial charge >= 0.3 is 0 Å². The van der Waals surface area contributed by atoms with Gasteiger partial charge in [-0.25, -0.2) is 4.39 Å². The zero-order chi connectivity index (χ0) is 8.53. The number of alkyl halides is 1. The molecule has 1 rings (SSSR count). The van der Waals surface area contributed by atoms with Gasteiger partial charge < -0.3 is 9.29 Å². The second-order valence-corrected chi connectivity index (χ2v) is 3.18. The van der Waals surface area contributed by atoms with Crippen LogP contribution in [-0.4, -0.2) is 23.3 Å². The van der Waals surface area contributed by atoms with Gasteiger partial charge in [-0.3, -0.25) is 0 Å². The molecule has 0 amide bonds. The van der Waals surface area contributed by atoms with E-state index in [1.54, 1.807) is 0 Å². The highest BCUT2D eigenvalue weighted by Gasteiger charge is 1.95. The SMILES string of the molecule is C1CCOCC1.CC(F)SO. The van der Waals surface area contributed by atoms with E-state index in [2.05, 4.69) is 0 Å². The Labute approximate surface area is 71.3 Å². The van der Waals surface area contributed by atoms with Crippen LogP contribution in [0.3, 0.4) is 0 Å². The minimum atomic E-state index is -1.14. The van der Waals surface area contributed by atoms with Crippen molar-refractivity contribution in [1.82, 2.24) is 0 Å². The third-order valence-electron chi connectivity index (χ3n) is 1.22. The summed E-state index contributed by atoms with van der Waals surface area (Å²) < 4.78 is 23.9. The van der Waals surface area contributed by atoms with Crippen molar-refractivity contribution in [3.63, 3.8) is 0 Å².